The molecule has 1 aliphatic rings. The van der Waals surface area contributed by atoms with E-state index in [4.69, 9.17) is 13.9 Å². The summed E-state index contributed by atoms with van der Waals surface area (Å²) in [4.78, 5) is 11.8. The van der Waals surface area contributed by atoms with E-state index in [0.717, 1.165) is 0 Å². The first-order valence-corrected chi connectivity index (χ1v) is 10.6. The van der Waals surface area contributed by atoms with Crippen LogP contribution in [0.4, 0.5) is 0 Å². The molecule has 0 aliphatic carbocycles. The Bertz CT molecular complexity index is 507. The van der Waals surface area contributed by atoms with Crippen LogP contribution in [0.2, 0.25) is 18.1 Å². The second kappa shape index (κ2) is 6.52. The molecule has 0 unspecified atom stereocenters. The van der Waals surface area contributed by atoms with Gasteiger partial charge >= 0.3 is 5.97 Å². The van der Waals surface area contributed by atoms with Crippen molar-refractivity contribution in [2.75, 3.05) is 13.2 Å². The molecule has 0 radical (unpaired) electrons. The molecule has 0 N–H and O–H groups in total. The van der Waals surface area contributed by atoms with Crippen molar-refractivity contribution in [3.05, 3.63) is 35.9 Å². The summed E-state index contributed by atoms with van der Waals surface area (Å²) in [6, 6.07) is 9.00. The van der Waals surface area contributed by atoms with Crippen molar-refractivity contribution in [2.24, 2.45) is 0 Å². The number of ether oxygens (including phenoxy) is 2. The monoisotopic (exact) mass is 322 g/mol. The molecule has 22 heavy (non-hydrogen) atoms. The number of esters is 1. The molecule has 1 aromatic rings. The first-order chi connectivity index (χ1) is 10.2. The van der Waals surface area contributed by atoms with E-state index < -0.39 is 8.32 Å². The van der Waals surface area contributed by atoms with E-state index in [1.54, 1.807) is 12.1 Å². The van der Waals surface area contributed by atoms with Crippen LogP contribution in [0.1, 0.15) is 31.1 Å². The molecule has 1 heterocycles. The molecule has 5 heteroatoms. The third kappa shape index (κ3) is 4.41. The predicted molar refractivity (Wildman–Crippen MR) is 88.5 cm³/mol. The third-order valence-electron chi connectivity index (χ3n) is 4.49. The van der Waals surface area contributed by atoms with Gasteiger partial charge in [-0.15, -0.1) is 0 Å². The van der Waals surface area contributed by atoms with Gasteiger partial charge in [0.15, 0.2) is 8.32 Å². The van der Waals surface area contributed by atoms with Crippen molar-refractivity contribution in [1.29, 1.82) is 0 Å². The molecule has 0 aromatic heterocycles. The van der Waals surface area contributed by atoms with Crippen LogP contribution in [0.25, 0.3) is 0 Å². The van der Waals surface area contributed by atoms with Crippen LogP contribution >= 0.6 is 0 Å². The molecule has 122 valence electrons. The zero-order chi connectivity index (χ0) is 16.4. The van der Waals surface area contributed by atoms with Crippen LogP contribution < -0.4 is 0 Å². The molecular weight excluding hydrogens is 296 g/mol. The average molecular weight is 322 g/mol. The number of carbonyl (C=O) groups is 1. The van der Waals surface area contributed by atoms with Crippen molar-refractivity contribution in [2.45, 2.75) is 51.1 Å². The molecule has 1 fully saturated rings. The van der Waals surface area contributed by atoms with Crippen LogP contribution in [0, 0.1) is 0 Å². The van der Waals surface area contributed by atoms with E-state index in [1.807, 2.05) is 18.2 Å². The normalized spacial score (nSPS) is 21.5. The van der Waals surface area contributed by atoms with Crippen LogP contribution in [0.15, 0.2) is 30.3 Å². The summed E-state index contributed by atoms with van der Waals surface area (Å²) in [5.74, 6) is -0.305. The summed E-state index contributed by atoms with van der Waals surface area (Å²) in [5, 5.41) is 0.192. The topological polar surface area (TPSA) is 48.1 Å². The van der Waals surface area contributed by atoms with Crippen LogP contribution in [0.3, 0.4) is 0 Å². The fraction of sp³-hybridized carbons (Fsp3) is 0.588. The number of epoxide rings is 1. The van der Waals surface area contributed by atoms with Gasteiger partial charge in [-0.05, 0) is 30.3 Å². The molecule has 4 nitrogen and oxygen atoms in total. The standard InChI is InChI=1S/C17H26O4Si/c1-17(2,3)22(4,5)20-12-15-14(21-15)11-19-16(18)13-9-7-6-8-10-13/h6-10,14-15H,11-12H2,1-5H3/t14-,15+/m1/s1. The molecule has 0 saturated carbocycles. The minimum atomic E-state index is -1.74. The summed E-state index contributed by atoms with van der Waals surface area (Å²) in [6.45, 7) is 12.0. The van der Waals surface area contributed by atoms with E-state index >= 15 is 0 Å². The summed E-state index contributed by atoms with van der Waals surface area (Å²) in [5.41, 5.74) is 0.567. The molecular formula is C17H26O4Si. The summed E-state index contributed by atoms with van der Waals surface area (Å²) >= 11 is 0. The predicted octanol–water partition coefficient (Wildman–Crippen LogP) is 3.63. The van der Waals surface area contributed by atoms with Crippen LogP contribution in [0.5, 0.6) is 0 Å². The molecule has 0 bridgehead atoms. The van der Waals surface area contributed by atoms with Crippen molar-refractivity contribution < 1.29 is 18.7 Å². The molecule has 2 rings (SSSR count). The van der Waals surface area contributed by atoms with Crippen LogP contribution in [-0.4, -0.2) is 39.7 Å². The minimum absolute atomic E-state index is 0.0302. The zero-order valence-corrected chi connectivity index (χ0v) is 15.1. The SMILES string of the molecule is CC(C)(C)[Si](C)(C)OC[C@@H]1O[C@@H]1COC(=O)c1ccccc1. The highest BCUT2D eigenvalue weighted by Gasteiger charge is 2.44. The number of benzene rings is 1. The Morgan fingerprint density at radius 3 is 2.32 bits per heavy atom. The number of carbonyl (C=O) groups excluding carboxylic acids is 1. The average Bonchev–Trinajstić information content (AvgIpc) is 3.21. The molecule has 1 aromatic carbocycles. The Morgan fingerprint density at radius 1 is 1.14 bits per heavy atom. The summed E-state index contributed by atoms with van der Waals surface area (Å²) in [7, 11) is -1.74. The fourth-order valence-electron chi connectivity index (χ4n) is 1.79. The quantitative estimate of drug-likeness (QED) is 0.456. The lowest BCUT2D eigenvalue weighted by atomic mass is 10.2. The molecule has 1 aliphatic heterocycles. The summed E-state index contributed by atoms with van der Waals surface area (Å²) < 4.78 is 16.9. The fourth-order valence-corrected chi connectivity index (χ4v) is 2.81. The lowest BCUT2D eigenvalue weighted by Crippen LogP contribution is -2.41. The Morgan fingerprint density at radius 2 is 1.73 bits per heavy atom. The van der Waals surface area contributed by atoms with Gasteiger partial charge in [-0.2, -0.15) is 0 Å². The highest BCUT2D eigenvalue weighted by Crippen LogP contribution is 2.37. The van der Waals surface area contributed by atoms with Crippen molar-refractivity contribution >= 4 is 14.3 Å². The lowest BCUT2D eigenvalue weighted by molar-refractivity contribution is 0.0476. The lowest BCUT2D eigenvalue weighted by Gasteiger charge is -2.35. The van der Waals surface area contributed by atoms with Gasteiger partial charge in [-0.3, -0.25) is 0 Å². The van der Waals surface area contributed by atoms with E-state index in [2.05, 4.69) is 33.9 Å². The minimum Gasteiger partial charge on any atom is -0.459 e. The second-order valence-electron chi connectivity index (χ2n) is 7.25. The van der Waals surface area contributed by atoms with Gasteiger partial charge in [-0.25, -0.2) is 4.79 Å². The van der Waals surface area contributed by atoms with Gasteiger partial charge in [0.1, 0.15) is 18.8 Å². The van der Waals surface area contributed by atoms with Gasteiger partial charge < -0.3 is 13.9 Å². The van der Waals surface area contributed by atoms with Gasteiger partial charge in [0.05, 0.1) is 12.2 Å². The molecule has 2 atom stereocenters. The first kappa shape index (κ1) is 17.2. The maximum absolute atomic E-state index is 11.8. The Labute approximate surface area is 133 Å². The molecule has 0 amide bonds. The van der Waals surface area contributed by atoms with E-state index in [0.29, 0.717) is 18.8 Å². The van der Waals surface area contributed by atoms with Crippen LogP contribution in [-0.2, 0) is 13.9 Å². The largest absolute Gasteiger partial charge is 0.459 e. The van der Waals surface area contributed by atoms with Gasteiger partial charge in [0.2, 0.25) is 0 Å². The molecule has 0 spiro atoms. The molecule has 1 saturated heterocycles. The zero-order valence-electron chi connectivity index (χ0n) is 14.1. The highest BCUT2D eigenvalue weighted by atomic mass is 28.4. The van der Waals surface area contributed by atoms with Crippen molar-refractivity contribution in [3.63, 3.8) is 0 Å². The maximum atomic E-state index is 11.8. The number of rotatable bonds is 6. The maximum Gasteiger partial charge on any atom is 0.338 e. The summed E-state index contributed by atoms with van der Waals surface area (Å²) in [6.07, 6.45) is 0.0233. The van der Waals surface area contributed by atoms with Crippen molar-refractivity contribution in [3.8, 4) is 0 Å². The Hall–Kier alpha value is -1.17. The third-order valence-corrected chi connectivity index (χ3v) is 8.99. The van der Waals surface area contributed by atoms with E-state index in [9.17, 15) is 4.79 Å². The smallest absolute Gasteiger partial charge is 0.338 e. The Kier molecular flexibility index (Phi) is 5.09. The van der Waals surface area contributed by atoms with Gasteiger partial charge in [0.25, 0.3) is 0 Å². The second-order valence-corrected chi connectivity index (χ2v) is 12.1. The Balaban J connectivity index is 1.70. The van der Waals surface area contributed by atoms with Crippen molar-refractivity contribution in [1.82, 2.24) is 0 Å². The number of hydrogen-bond acceptors (Lipinski definition) is 4. The number of hydrogen-bond donors (Lipinski definition) is 0. The van der Waals surface area contributed by atoms with E-state index in [1.165, 1.54) is 0 Å². The van der Waals surface area contributed by atoms with E-state index in [-0.39, 0.29) is 23.2 Å². The highest BCUT2D eigenvalue weighted by molar-refractivity contribution is 6.74. The van der Waals surface area contributed by atoms with Gasteiger partial charge in [-0.1, -0.05) is 39.0 Å². The van der Waals surface area contributed by atoms with Gasteiger partial charge in [0, 0.05) is 0 Å². The first-order valence-electron chi connectivity index (χ1n) is 7.72.